The first-order valence-corrected chi connectivity index (χ1v) is 5.69. The molecule has 2 unspecified atom stereocenters. The fourth-order valence-electron chi connectivity index (χ4n) is 2.05. The number of carboxylic acids is 1. The van der Waals surface area contributed by atoms with E-state index in [1.165, 1.54) is 0 Å². The van der Waals surface area contributed by atoms with E-state index in [-0.39, 0.29) is 17.7 Å². The van der Waals surface area contributed by atoms with E-state index in [1.54, 1.807) is 4.90 Å². The van der Waals surface area contributed by atoms with Gasteiger partial charge in [-0.25, -0.2) is 0 Å². The van der Waals surface area contributed by atoms with Gasteiger partial charge in [0.2, 0.25) is 5.91 Å². The van der Waals surface area contributed by atoms with Crippen LogP contribution in [0.5, 0.6) is 0 Å². The lowest BCUT2D eigenvalue weighted by atomic mass is 9.94. The molecule has 1 aliphatic heterocycles. The van der Waals surface area contributed by atoms with Gasteiger partial charge in [-0.15, -0.1) is 0 Å². The number of hydrogen-bond donors (Lipinski definition) is 2. The van der Waals surface area contributed by atoms with Crippen LogP contribution in [-0.2, 0) is 9.59 Å². The highest BCUT2D eigenvalue weighted by atomic mass is 16.4. The molecule has 5 nitrogen and oxygen atoms in total. The van der Waals surface area contributed by atoms with Crippen molar-refractivity contribution < 1.29 is 14.7 Å². The van der Waals surface area contributed by atoms with Crippen LogP contribution in [0.4, 0.5) is 0 Å². The maximum absolute atomic E-state index is 12.0. The summed E-state index contributed by atoms with van der Waals surface area (Å²) in [6, 6.07) is 0. The first-order valence-electron chi connectivity index (χ1n) is 5.69. The van der Waals surface area contributed by atoms with Crippen molar-refractivity contribution in [3.63, 3.8) is 0 Å². The second kappa shape index (κ2) is 5.30. The molecule has 0 aliphatic carbocycles. The van der Waals surface area contributed by atoms with Crippen molar-refractivity contribution in [2.45, 2.75) is 20.3 Å². The molecule has 1 fully saturated rings. The van der Waals surface area contributed by atoms with Crippen LogP contribution in [0.15, 0.2) is 0 Å². The maximum Gasteiger partial charge on any atom is 0.308 e. The minimum atomic E-state index is -0.816. The summed E-state index contributed by atoms with van der Waals surface area (Å²) in [5.41, 5.74) is 5.57. The molecular formula is C11H20N2O3. The van der Waals surface area contributed by atoms with Crippen LogP contribution in [0, 0.1) is 17.8 Å². The fourth-order valence-corrected chi connectivity index (χ4v) is 2.05. The normalized spacial score (nSPS) is 22.5. The van der Waals surface area contributed by atoms with Gasteiger partial charge >= 0.3 is 5.97 Å². The van der Waals surface area contributed by atoms with Crippen LogP contribution in [0.1, 0.15) is 20.3 Å². The van der Waals surface area contributed by atoms with Gasteiger partial charge in [0.05, 0.1) is 11.8 Å². The van der Waals surface area contributed by atoms with Crippen molar-refractivity contribution in [1.82, 2.24) is 4.90 Å². The Labute approximate surface area is 95.6 Å². The standard InChI is InChI=1S/C11H20N2O3/c1-7(2)9(5-12)10(14)13-4-3-8(6-13)11(15)16/h7-9H,3-6,12H2,1-2H3,(H,15,16). The van der Waals surface area contributed by atoms with E-state index in [2.05, 4.69) is 0 Å². The van der Waals surface area contributed by atoms with E-state index >= 15 is 0 Å². The van der Waals surface area contributed by atoms with Gasteiger partial charge < -0.3 is 15.7 Å². The molecule has 0 spiro atoms. The zero-order chi connectivity index (χ0) is 12.3. The minimum absolute atomic E-state index is 0.00116. The third-order valence-electron chi connectivity index (χ3n) is 3.23. The smallest absolute Gasteiger partial charge is 0.308 e. The summed E-state index contributed by atoms with van der Waals surface area (Å²) in [4.78, 5) is 24.5. The van der Waals surface area contributed by atoms with Gasteiger partial charge in [-0.1, -0.05) is 13.8 Å². The zero-order valence-corrected chi connectivity index (χ0v) is 9.85. The molecule has 1 heterocycles. The number of rotatable bonds is 4. The quantitative estimate of drug-likeness (QED) is 0.717. The number of carboxylic acid groups (broad SMARTS) is 1. The lowest BCUT2D eigenvalue weighted by Crippen LogP contribution is -2.40. The summed E-state index contributed by atoms with van der Waals surface area (Å²) in [5, 5.41) is 8.86. The molecule has 5 heteroatoms. The van der Waals surface area contributed by atoms with Crippen molar-refractivity contribution in [2.75, 3.05) is 19.6 Å². The first-order chi connectivity index (χ1) is 7.47. The molecule has 0 aromatic carbocycles. The van der Waals surface area contributed by atoms with Crippen molar-refractivity contribution in [2.24, 2.45) is 23.5 Å². The van der Waals surface area contributed by atoms with Crippen LogP contribution in [0.25, 0.3) is 0 Å². The van der Waals surface area contributed by atoms with Crippen LogP contribution in [0.3, 0.4) is 0 Å². The van der Waals surface area contributed by atoms with E-state index in [1.807, 2.05) is 13.8 Å². The monoisotopic (exact) mass is 228 g/mol. The zero-order valence-electron chi connectivity index (χ0n) is 9.85. The van der Waals surface area contributed by atoms with Gasteiger partial charge in [-0.3, -0.25) is 9.59 Å². The Balaban J connectivity index is 2.59. The molecule has 0 radical (unpaired) electrons. The predicted molar refractivity (Wildman–Crippen MR) is 59.7 cm³/mol. The highest BCUT2D eigenvalue weighted by Gasteiger charge is 2.34. The Morgan fingerprint density at radius 3 is 2.50 bits per heavy atom. The SMILES string of the molecule is CC(C)C(CN)C(=O)N1CCC(C(=O)O)C1. The number of carbonyl (C=O) groups is 2. The van der Waals surface area contributed by atoms with Crippen LogP contribution >= 0.6 is 0 Å². The third-order valence-corrected chi connectivity index (χ3v) is 3.23. The second-order valence-electron chi connectivity index (χ2n) is 4.69. The van der Waals surface area contributed by atoms with Gasteiger partial charge in [-0.2, -0.15) is 0 Å². The highest BCUT2D eigenvalue weighted by molar-refractivity contribution is 5.81. The van der Waals surface area contributed by atoms with Crippen LogP contribution < -0.4 is 5.73 Å². The number of nitrogens with two attached hydrogens (primary N) is 1. The summed E-state index contributed by atoms with van der Waals surface area (Å²) >= 11 is 0. The minimum Gasteiger partial charge on any atom is -0.481 e. The number of likely N-dealkylation sites (tertiary alicyclic amines) is 1. The van der Waals surface area contributed by atoms with E-state index in [4.69, 9.17) is 10.8 Å². The van der Waals surface area contributed by atoms with Crippen molar-refractivity contribution in [3.05, 3.63) is 0 Å². The molecule has 2 atom stereocenters. The molecule has 1 saturated heterocycles. The van der Waals surface area contributed by atoms with Gasteiger partial charge in [0.15, 0.2) is 0 Å². The first kappa shape index (κ1) is 13.0. The van der Waals surface area contributed by atoms with Gasteiger partial charge in [0, 0.05) is 19.6 Å². The van der Waals surface area contributed by atoms with Crippen LogP contribution in [-0.4, -0.2) is 41.5 Å². The molecular weight excluding hydrogens is 208 g/mol. The highest BCUT2D eigenvalue weighted by Crippen LogP contribution is 2.21. The number of aliphatic carboxylic acids is 1. The molecule has 1 rings (SSSR count). The predicted octanol–water partition coefficient (Wildman–Crippen LogP) is 0.150. The van der Waals surface area contributed by atoms with E-state index in [9.17, 15) is 9.59 Å². The summed E-state index contributed by atoms with van der Waals surface area (Å²) in [5.74, 6) is -1.21. The van der Waals surface area contributed by atoms with Crippen molar-refractivity contribution >= 4 is 11.9 Å². The molecule has 3 N–H and O–H groups in total. The van der Waals surface area contributed by atoms with Crippen molar-refractivity contribution in [1.29, 1.82) is 0 Å². The molecule has 0 aromatic heterocycles. The Morgan fingerprint density at radius 2 is 2.12 bits per heavy atom. The maximum atomic E-state index is 12.0. The second-order valence-corrected chi connectivity index (χ2v) is 4.69. The van der Waals surface area contributed by atoms with E-state index in [0.29, 0.717) is 26.1 Å². The summed E-state index contributed by atoms with van der Waals surface area (Å²) in [6.45, 7) is 5.11. The molecule has 1 aliphatic rings. The molecule has 16 heavy (non-hydrogen) atoms. The van der Waals surface area contributed by atoms with E-state index in [0.717, 1.165) is 0 Å². The Morgan fingerprint density at radius 1 is 1.50 bits per heavy atom. The fraction of sp³-hybridized carbons (Fsp3) is 0.818. The average molecular weight is 228 g/mol. The van der Waals surface area contributed by atoms with Gasteiger partial charge in [0.25, 0.3) is 0 Å². The Hall–Kier alpha value is -1.10. The van der Waals surface area contributed by atoms with Gasteiger partial charge in [-0.05, 0) is 12.3 Å². The average Bonchev–Trinajstić information content (AvgIpc) is 2.66. The summed E-state index contributed by atoms with van der Waals surface area (Å²) in [7, 11) is 0. The number of amides is 1. The van der Waals surface area contributed by atoms with Gasteiger partial charge in [0.1, 0.15) is 0 Å². The van der Waals surface area contributed by atoms with E-state index < -0.39 is 11.9 Å². The molecule has 0 saturated carbocycles. The topological polar surface area (TPSA) is 83.6 Å². The molecule has 92 valence electrons. The number of carbonyl (C=O) groups excluding carboxylic acids is 1. The number of nitrogens with zero attached hydrogens (tertiary/aromatic N) is 1. The molecule has 0 aromatic rings. The number of hydrogen-bond acceptors (Lipinski definition) is 3. The lowest BCUT2D eigenvalue weighted by molar-refractivity contribution is -0.141. The summed E-state index contributed by atoms with van der Waals surface area (Å²) in [6.07, 6.45) is 0.552. The third kappa shape index (κ3) is 2.72. The molecule has 1 amide bonds. The lowest BCUT2D eigenvalue weighted by Gasteiger charge is -2.24. The Bertz CT molecular complexity index is 278. The van der Waals surface area contributed by atoms with Crippen LogP contribution in [0.2, 0.25) is 0 Å². The Kier molecular flexibility index (Phi) is 4.29. The molecule has 0 bridgehead atoms. The largest absolute Gasteiger partial charge is 0.481 e. The van der Waals surface area contributed by atoms with Crippen molar-refractivity contribution in [3.8, 4) is 0 Å². The summed E-state index contributed by atoms with van der Waals surface area (Å²) < 4.78 is 0.